The first-order chi connectivity index (χ1) is 10.1. The van der Waals surface area contributed by atoms with Gasteiger partial charge in [-0.3, -0.25) is 0 Å². The first kappa shape index (κ1) is 15.1. The number of aromatic nitrogens is 3. The summed E-state index contributed by atoms with van der Waals surface area (Å²) in [7, 11) is 0. The molecule has 0 aliphatic heterocycles. The molecule has 1 aromatic carbocycles. The molecule has 3 nitrogen and oxygen atoms in total. The Kier molecular flexibility index (Phi) is 4.41. The molecule has 0 N–H and O–H groups in total. The SMILES string of the molecule is CC(Cl)c1nc2cc(Cl)c(Cl)cc2n1CCc1nccs1. The summed E-state index contributed by atoms with van der Waals surface area (Å²) in [6.45, 7) is 2.67. The molecule has 3 rings (SSSR count). The molecule has 0 bridgehead atoms. The third kappa shape index (κ3) is 3.04. The zero-order valence-electron chi connectivity index (χ0n) is 11.2. The van der Waals surface area contributed by atoms with Gasteiger partial charge in [0, 0.05) is 24.5 Å². The number of thiazole rings is 1. The Bertz CT molecular complexity index is 765. The highest BCUT2D eigenvalue weighted by atomic mass is 35.5. The quantitative estimate of drug-likeness (QED) is 0.588. The van der Waals surface area contributed by atoms with Crippen LogP contribution in [-0.4, -0.2) is 14.5 Å². The maximum absolute atomic E-state index is 6.26. The van der Waals surface area contributed by atoms with Crippen molar-refractivity contribution >= 4 is 57.2 Å². The molecule has 0 saturated carbocycles. The number of imidazole rings is 1. The molecular formula is C14H12Cl3N3S. The van der Waals surface area contributed by atoms with Crippen LogP contribution in [0.2, 0.25) is 10.0 Å². The third-order valence-corrected chi connectivity index (χ3v) is 4.97. The van der Waals surface area contributed by atoms with Gasteiger partial charge in [0.25, 0.3) is 0 Å². The van der Waals surface area contributed by atoms with E-state index >= 15 is 0 Å². The van der Waals surface area contributed by atoms with Crippen LogP contribution >= 0.6 is 46.1 Å². The molecule has 21 heavy (non-hydrogen) atoms. The summed E-state index contributed by atoms with van der Waals surface area (Å²) in [6.07, 6.45) is 2.65. The van der Waals surface area contributed by atoms with Gasteiger partial charge in [0.2, 0.25) is 0 Å². The van der Waals surface area contributed by atoms with Crippen LogP contribution in [-0.2, 0) is 13.0 Å². The van der Waals surface area contributed by atoms with Crippen LogP contribution in [0.4, 0.5) is 0 Å². The first-order valence-electron chi connectivity index (χ1n) is 6.44. The monoisotopic (exact) mass is 359 g/mol. The molecule has 110 valence electrons. The minimum absolute atomic E-state index is 0.189. The highest BCUT2D eigenvalue weighted by Crippen LogP contribution is 2.31. The van der Waals surface area contributed by atoms with E-state index < -0.39 is 0 Å². The number of alkyl halides is 1. The van der Waals surface area contributed by atoms with Gasteiger partial charge in [-0.15, -0.1) is 22.9 Å². The molecule has 0 aliphatic carbocycles. The summed E-state index contributed by atoms with van der Waals surface area (Å²) < 4.78 is 2.09. The summed E-state index contributed by atoms with van der Waals surface area (Å²) in [5.74, 6) is 0.821. The fourth-order valence-electron chi connectivity index (χ4n) is 2.26. The number of rotatable bonds is 4. The summed E-state index contributed by atoms with van der Waals surface area (Å²) in [6, 6.07) is 3.62. The van der Waals surface area contributed by atoms with E-state index in [1.165, 1.54) is 0 Å². The lowest BCUT2D eigenvalue weighted by molar-refractivity contribution is 0.666. The van der Waals surface area contributed by atoms with Crippen molar-refractivity contribution in [1.29, 1.82) is 0 Å². The van der Waals surface area contributed by atoms with Crippen LogP contribution in [0.25, 0.3) is 11.0 Å². The molecule has 2 aromatic heterocycles. The Labute approximate surface area is 141 Å². The van der Waals surface area contributed by atoms with E-state index in [9.17, 15) is 0 Å². The Morgan fingerprint density at radius 2 is 2.05 bits per heavy atom. The van der Waals surface area contributed by atoms with Crippen LogP contribution in [0.15, 0.2) is 23.7 Å². The van der Waals surface area contributed by atoms with Gasteiger partial charge < -0.3 is 4.57 Å². The molecule has 0 radical (unpaired) electrons. The second kappa shape index (κ2) is 6.13. The Morgan fingerprint density at radius 3 is 2.71 bits per heavy atom. The second-order valence-corrected chi connectivity index (χ2v) is 7.12. The van der Waals surface area contributed by atoms with Gasteiger partial charge in [-0.2, -0.15) is 0 Å². The molecule has 0 aliphatic rings. The summed E-state index contributed by atoms with van der Waals surface area (Å²) in [5, 5.41) is 3.90. The van der Waals surface area contributed by atoms with Crippen molar-refractivity contribution in [3.63, 3.8) is 0 Å². The standard InChI is InChI=1S/C14H12Cl3N3S/c1-8(15)14-19-11-6-9(16)10(17)7-12(11)20(14)4-2-13-18-3-5-21-13/h3,5-8H,2,4H2,1H3. The number of aryl methyl sites for hydroxylation is 2. The summed E-state index contributed by atoms with van der Waals surface area (Å²) >= 11 is 20.1. The van der Waals surface area contributed by atoms with Crippen molar-refractivity contribution in [3.05, 3.63) is 44.6 Å². The summed E-state index contributed by atoms with van der Waals surface area (Å²) in [5.41, 5.74) is 1.76. The largest absolute Gasteiger partial charge is 0.326 e. The number of halogens is 3. The van der Waals surface area contributed by atoms with Crippen molar-refractivity contribution in [3.8, 4) is 0 Å². The van der Waals surface area contributed by atoms with Gasteiger partial charge in [-0.05, 0) is 19.1 Å². The molecule has 1 atom stereocenters. The molecule has 7 heteroatoms. The number of fused-ring (bicyclic) bond motifs is 1. The topological polar surface area (TPSA) is 30.7 Å². The average Bonchev–Trinajstić information content (AvgIpc) is 3.05. The van der Waals surface area contributed by atoms with Gasteiger partial charge in [0.05, 0.1) is 31.5 Å². The van der Waals surface area contributed by atoms with E-state index in [4.69, 9.17) is 34.8 Å². The molecule has 1 unspecified atom stereocenters. The Hall–Kier alpha value is -0.810. The van der Waals surface area contributed by atoms with Crippen molar-refractivity contribution in [1.82, 2.24) is 14.5 Å². The fourth-order valence-corrected chi connectivity index (χ4v) is 3.35. The minimum Gasteiger partial charge on any atom is -0.326 e. The van der Waals surface area contributed by atoms with Crippen LogP contribution in [0.3, 0.4) is 0 Å². The number of hydrogen-bond donors (Lipinski definition) is 0. The zero-order chi connectivity index (χ0) is 15.0. The smallest absolute Gasteiger partial charge is 0.127 e. The normalized spacial score (nSPS) is 13.0. The predicted octanol–water partition coefficient (Wildman–Crippen LogP) is 5.34. The maximum atomic E-state index is 6.26. The molecule has 0 fully saturated rings. The molecule has 0 amide bonds. The van der Waals surface area contributed by atoms with E-state index in [-0.39, 0.29) is 5.38 Å². The van der Waals surface area contributed by atoms with E-state index in [0.29, 0.717) is 10.0 Å². The zero-order valence-corrected chi connectivity index (χ0v) is 14.3. The third-order valence-electron chi connectivity index (χ3n) is 3.21. The molecular weight excluding hydrogens is 349 g/mol. The summed E-state index contributed by atoms with van der Waals surface area (Å²) in [4.78, 5) is 8.89. The van der Waals surface area contributed by atoms with Crippen molar-refractivity contribution in [2.75, 3.05) is 0 Å². The Balaban J connectivity index is 2.04. The van der Waals surface area contributed by atoms with E-state index in [2.05, 4.69) is 14.5 Å². The van der Waals surface area contributed by atoms with Gasteiger partial charge in [0.1, 0.15) is 5.82 Å². The minimum atomic E-state index is -0.189. The molecule has 0 spiro atoms. The average molecular weight is 361 g/mol. The molecule has 3 aromatic rings. The molecule has 0 saturated heterocycles. The van der Waals surface area contributed by atoms with Crippen molar-refractivity contribution in [2.24, 2.45) is 0 Å². The maximum Gasteiger partial charge on any atom is 0.127 e. The number of hydrogen-bond acceptors (Lipinski definition) is 3. The highest BCUT2D eigenvalue weighted by Gasteiger charge is 2.16. The van der Waals surface area contributed by atoms with Crippen molar-refractivity contribution in [2.45, 2.75) is 25.3 Å². The molecule has 2 heterocycles. The van der Waals surface area contributed by atoms with E-state index in [1.807, 2.05) is 24.6 Å². The van der Waals surface area contributed by atoms with E-state index in [1.54, 1.807) is 17.4 Å². The van der Waals surface area contributed by atoms with E-state index in [0.717, 1.165) is 34.8 Å². The van der Waals surface area contributed by atoms with Gasteiger partial charge in [0.15, 0.2) is 0 Å². The highest BCUT2D eigenvalue weighted by molar-refractivity contribution is 7.09. The van der Waals surface area contributed by atoms with Crippen LogP contribution in [0.5, 0.6) is 0 Å². The van der Waals surface area contributed by atoms with Crippen molar-refractivity contribution < 1.29 is 0 Å². The fraction of sp³-hybridized carbons (Fsp3) is 0.286. The van der Waals surface area contributed by atoms with Gasteiger partial charge >= 0.3 is 0 Å². The number of benzene rings is 1. The Morgan fingerprint density at radius 1 is 1.29 bits per heavy atom. The predicted molar refractivity (Wildman–Crippen MR) is 89.8 cm³/mol. The lowest BCUT2D eigenvalue weighted by Gasteiger charge is -2.09. The lowest BCUT2D eigenvalue weighted by atomic mass is 10.3. The van der Waals surface area contributed by atoms with Gasteiger partial charge in [-0.25, -0.2) is 9.97 Å². The van der Waals surface area contributed by atoms with Crippen LogP contribution in [0, 0.1) is 0 Å². The number of nitrogens with zero attached hydrogens (tertiary/aromatic N) is 3. The van der Waals surface area contributed by atoms with Crippen LogP contribution < -0.4 is 0 Å². The first-order valence-corrected chi connectivity index (χ1v) is 8.51. The lowest BCUT2D eigenvalue weighted by Crippen LogP contribution is -2.06. The van der Waals surface area contributed by atoms with Crippen LogP contribution in [0.1, 0.15) is 23.1 Å². The second-order valence-electron chi connectivity index (χ2n) is 4.67. The van der Waals surface area contributed by atoms with Gasteiger partial charge in [-0.1, -0.05) is 23.2 Å².